The molecule has 0 bridgehead atoms. The van der Waals surface area contributed by atoms with Crippen molar-refractivity contribution in [3.8, 4) is 5.75 Å². The number of benzene rings is 6. The normalized spacial score (nSPS) is 21.8. The number of ether oxygens (including phenoxy) is 6. The Hall–Kier alpha value is -5.08. The zero-order valence-electron chi connectivity index (χ0n) is 31.1. The van der Waals surface area contributed by atoms with Crippen LogP contribution in [0, 0.1) is 0 Å². The number of rotatable bonds is 15. The lowest BCUT2D eigenvalue weighted by atomic mass is 9.85. The van der Waals surface area contributed by atoms with Gasteiger partial charge in [-0.1, -0.05) is 164 Å². The molecule has 55 heavy (non-hydrogen) atoms. The van der Waals surface area contributed by atoms with Crippen LogP contribution in [0.4, 0.5) is 0 Å². The minimum absolute atomic E-state index is 0.277. The van der Waals surface area contributed by atoms with Crippen LogP contribution >= 0.6 is 0 Å². The minimum atomic E-state index is -1.17. The third-order valence-electron chi connectivity index (χ3n) is 10.4. The van der Waals surface area contributed by atoms with E-state index in [9.17, 15) is 0 Å². The topological polar surface area (TPSA) is 55.4 Å². The lowest BCUT2D eigenvalue weighted by Crippen LogP contribution is -2.69. The van der Waals surface area contributed by atoms with Crippen molar-refractivity contribution in [3.05, 3.63) is 209 Å². The largest absolute Gasteiger partial charge is 0.459 e. The second kappa shape index (κ2) is 18.0. The van der Waals surface area contributed by atoms with E-state index in [0.717, 1.165) is 46.4 Å². The average molecular weight is 733 g/mol. The Bertz CT molecular complexity index is 2040. The minimum Gasteiger partial charge on any atom is -0.459 e. The Balaban J connectivity index is 1.14. The van der Waals surface area contributed by atoms with Crippen LogP contribution in [0.3, 0.4) is 0 Å². The van der Waals surface area contributed by atoms with E-state index in [2.05, 4.69) is 97.1 Å². The fourth-order valence-electron chi connectivity index (χ4n) is 7.62. The summed E-state index contributed by atoms with van der Waals surface area (Å²) >= 11 is 0. The SMILES string of the molecule is c1ccc(COC[C@H]2OC3(CCc4cc(Cc5ccccc5)ccc4O3)[C@H](OCc3ccccc3)[C@@H](OCc3ccccc3)[C@@H]2OCc2ccccc2)cc1. The molecule has 5 atom stereocenters. The van der Waals surface area contributed by atoms with Gasteiger partial charge in [-0.15, -0.1) is 0 Å². The Morgan fingerprint density at radius 2 is 0.982 bits per heavy atom. The van der Waals surface area contributed by atoms with E-state index >= 15 is 0 Å². The third kappa shape index (κ3) is 9.42. The van der Waals surface area contributed by atoms with Gasteiger partial charge in [0.25, 0.3) is 0 Å². The summed E-state index contributed by atoms with van der Waals surface area (Å²) in [5, 5.41) is 0. The highest BCUT2D eigenvalue weighted by Crippen LogP contribution is 2.45. The van der Waals surface area contributed by atoms with Crippen LogP contribution in [0.5, 0.6) is 5.75 Å². The van der Waals surface area contributed by atoms with Gasteiger partial charge >= 0.3 is 0 Å². The molecule has 6 nitrogen and oxygen atoms in total. The molecule has 0 amide bonds. The maximum atomic E-state index is 7.24. The van der Waals surface area contributed by atoms with E-state index in [-0.39, 0.29) is 6.61 Å². The molecule has 8 rings (SSSR count). The molecule has 280 valence electrons. The summed E-state index contributed by atoms with van der Waals surface area (Å²) in [6.45, 7) is 1.82. The monoisotopic (exact) mass is 732 g/mol. The predicted octanol–water partition coefficient (Wildman–Crippen LogP) is 9.67. The number of hydrogen-bond acceptors (Lipinski definition) is 6. The molecular formula is C49H48O6. The molecule has 1 unspecified atom stereocenters. The number of fused-ring (bicyclic) bond motifs is 1. The highest BCUT2D eigenvalue weighted by molar-refractivity contribution is 5.41. The van der Waals surface area contributed by atoms with E-state index in [1.807, 2.05) is 72.8 Å². The highest BCUT2D eigenvalue weighted by atomic mass is 16.7. The van der Waals surface area contributed by atoms with Gasteiger partial charge in [-0.2, -0.15) is 0 Å². The van der Waals surface area contributed by atoms with Crippen molar-refractivity contribution in [3.63, 3.8) is 0 Å². The summed E-state index contributed by atoms with van der Waals surface area (Å²) < 4.78 is 41.7. The maximum absolute atomic E-state index is 7.24. The second-order valence-electron chi connectivity index (χ2n) is 14.4. The molecule has 0 saturated carbocycles. The summed E-state index contributed by atoms with van der Waals surface area (Å²) in [5.41, 5.74) is 7.94. The summed E-state index contributed by atoms with van der Waals surface area (Å²) in [5.74, 6) is -0.372. The molecule has 1 fully saturated rings. The molecule has 2 heterocycles. The van der Waals surface area contributed by atoms with Gasteiger partial charge in [0.05, 0.1) is 33.0 Å². The van der Waals surface area contributed by atoms with Gasteiger partial charge in [0, 0.05) is 6.42 Å². The Morgan fingerprint density at radius 1 is 0.491 bits per heavy atom. The predicted molar refractivity (Wildman–Crippen MR) is 213 cm³/mol. The van der Waals surface area contributed by atoms with Gasteiger partial charge in [-0.3, -0.25) is 0 Å². The van der Waals surface area contributed by atoms with Crippen molar-refractivity contribution in [1.82, 2.24) is 0 Å². The third-order valence-corrected chi connectivity index (χ3v) is 10.4. The van der Waals surface area contributed by atoms with Gasteiger partial charge < -0.3 is 28.4 Å². The Labute approximate surface area is 324 Å². The first-order chi connectivity index (χ1) is 27.2. The summed E-state index contributed by atoms with van der Waals surface area (Å²) in [7, 11) is 0. The summed E-state index contributed by atoms with van der Waals surface area (Å²) in [6.07, 6.45) is -0.0879. The van der Waals surface area contributed by atoms with Crippen LogP contribution in [0.1, 0.15) is 45.4 Å². The molecule has 6 aromatic rings. The van der Waals surface area contributed by atoms with Crippen molar-refractivity contribution in [2.24, 2.45) is 0 Å². The molecule has 0 aliphatic carbocycles. The van der Waals surface area contributed by atoms with Crippen molar-refractivity contribution in [2.75, 3.05) is 6.61 Å². The van der Waals surface area contributed by atoms with Gasteiger partial charge in [0.15, 0.2) is 6.10 Å². The summed E-state index contributed by atoms with van der Waals surface area (Å²) in [4.78, 5) is 0. The first-order valence-corrected chi connectivity index (χ1v) is 19.3. The smallest absolute Gasteiger partial charge is 0.240 e. The molecule has 0 N–H and O–H groups in total. The van der Waals surface area contributed by atoms with E-state index in [1.165, 1.54) is 11.1 Å². The van der Waals surface area contributed by atoms with Crippen molar-refractivity contribution >= 4 is 0 Å². The van der Waals surface area contributed by atoms with Gasteiger partial charge in [-0.05, 0) is 57.9 Å². The lowest BCUT2D eigenvalue weighted by molar-refractivity contribution is -0.364. The fraction of sp³-hybridized carbons (Fsp3) is 0.265. The molecule has 1 saturated heterocycles. The van der Waals surface area contributed by atoms with Gasteiger partial charge in [-0.25, -0.2) is 0 Å². The lowest BCUT2D eigenvalue weighted by Gasteiger charge is -2.53. The standard InChI is InChI=1S/C49H48O6/c1-6-16-37(17-7-1)30-42-26-27-44-43(31-42)28-29-49(54-44)48(53-35-41-24-14-5-15-25-41)47(52-34-40-22-12-4-13-23-40)46(51-33-39-20-10-3-11-21-39)45(55-49)36-50-32-38-18-8-2-9-19-38/h1-27,31,45-48H,28-30,32-36H2/t45-,46-,47+,48-,49?/m1/s1. The van der Waals surface area contributed by atoms with Crippen LogP contribution in [0.25, 0.3) is 0 Å². The van der Waals surface area contributed by atoms with Gasteiger partial charge in [0.1, 0.15) is 24.1 Å². The van der Waals surface area contributed by atoms with Crippen LogP contribution < -0.4 is 4.74 Å². The van der Waals surface area contributed by atoms with Crippen LogP contribution in [-0.4, -0.2) is 36.8 Å². The van der Waals surface area contributed by atoms with Crippen molar-refractivity contribution in [2.45, 2.75) is 75.9 Å². The van der Waals surface area contributed by atoms with E-state index in [0.29, 0.717) is 32.8 Å². The van der Waals surface area contributed by atoms with Crippen LogP contribution in [0.2, 0.25) is 0 Å². The number of hydrogen-bond donors (Lipinski definition) is 0. The molecular weight excluding hydrogens is 685 g/mol. The molecule has 6 heteroatoms. The Morgan fingerprint density at radius 3 is 1.55 bits per heavy atom. The maximum Gasteiger partial charge on any atom is 0.240 e. The number of aryl methyl sites for hydroxylation is 1. The van der Waals surface area contributed by atoms with E-state index < -0.39 is 30.2 Å². The fourth-order valence-corrected chi connectivity index (χ4v) is 7.62. The molecule has 6 aromatic carbocycles. The molecule has 2 aliphatic heterocycles. The van der Waals surface area contributed by atoms with Crippen LogP contribution in [-0.2, 0) is 63.0 Å². The Kier molecular flexibility index (Phi) is 12.1. The molecule has 0 aromatic heterocycles. The van der Waals surface area contributed by atoms with E-state index in [4.69, 9.17) is 28.4 Å². The summed E-state index contributed by atoms with van der Waals surface area (Å²) in [6, 6.07) is 58.0. The van der Waals surface area contributed by atoms with Crippen molar-refractivity contribution < 1.29 is 28.4 Å². The van der Waals surface area contributed by atoms with Crippen molar-refractivity contribution in [1.29, 1.82) is 0 Å². The first kappa shape index (κ1) is 36.9. The highest BCUT2D eigenvalue weighted by Gasteiger charge is 2.59. The van der Waals surface area contributed by atoms with Gasteiger partial charge in [0.2, 0.25) is 5.79 Å². The van der Waals surface area contributed by atoms with Crippen LogP contribution in [0.15, 0.2) is 170 Å². The second-order valence-corrected chi connectivity index (χ2v) is 14.4. The van der Waals surface area contributed by atoms with E-state index in [1.54, 1.807) is 0 Å². The molecule has 2 aliphatic rings. The molecule has 1 spiro atoms. The first-order valence-electron chi connectivity index (χ1n) is 19.3. The zero-order valence-corrected chi connectivity index (χ0v) is 31.1. The average Bonchev–Trinajstić information content (AvgIpc) is 3.24. The quantitative estimate of drug-likeness (QED) is 0.105. The molecule has 0 radical (unpaired) electrons. The zero-order chi connectivity index (χ0) is 37.1.